The molecule has 0 radical (unpaired) electrons. The molecule has 1 aliphatic heterocycles. The van der Waals surface area contributed by atoms with Crippen molar-refractivity contribution < 1.29 is 22.4 Å². The van der Waals surface area contributed by atoms with Gasteiger partial charge >= 0.3 is 0 Å². The van der Waals surface area contributed by atoms with Crippen LogP contribution in [0.1, 0.15) is 24.2 Å². The topological polar surface area (TPSA) is 84.7 Å². The summed E-state index contributed by atoms with van der Waals surface area (Å²) >= 11 is 0. The highest BCUT2D eigenvalue weighted by atomic mass is 32.2. The molecule has 1 aliphatic rings. The number of rotatable bonds is 3. The number of amides is 1. The van der Waals surface area contributed by atoms with E-state index in [0.717, 1.165) is 0 Å². The van der Waals surface area contributed by atoms with E-state index in [9.17, 15) is 18.0 Å². The van der Waals surface area contributed by atoms with E-state index in [0.29, 0.717) is 15.3 Å². The largest absolute Gasteiger partial charge is 0.464 e. The summed E-state index contributed by atoms with van der Waals surface area (Å²) in [6, 6.07) is 6.94. The fourth-order valence-corrected chi connectivity index (χ4v) is 3.81. The number of hydrogen-bond acceptors (Lipinski definition) is 5. The van der Waals surface area contributed by atoms with Crippen LogP contribution in [0.4, 0.5) is 0 Å². The predicted molar refractivity (Wildman–Crippen MR) is 75.3 cm³/mol. The molecular weight excluding hydrogens is 294 g/mol. The zero-order valence-corrected chi connectivity index (χ0v) is 12.3. The van der Waals surface area contributed by atoms with Gasteiger partial charge in [0.2, 0.25) is 0 Å². The summed E-state index contributed by atoms with van der Waals surface area (Å²) in [6.07, 6.45) is 1.29. The van der Waals surface area contributed by atoms with Crippen LogP contribution in [0, 0.1) is 0 Å². The molecular formula is C14H13NO5S. The summed E-state index contributed by atoms with van der Waals surface area (Å²) in [6.45, 7) is 2.17. The van der Waals surface area contributed by atoms with E-state index >= 15 is 0 Å². The van der Waals surface area contributed by atoms with Crippen LogP contribution in [-0.2, 0) is 14.8 Å². The van der Waals surface area contributed by atoms with E-state index in [2.05, 4.69) is 0 Å². The summed E-state index contributed by atoms with van der Waals surface area (Å²) in [4.78, 5) is 24.1. The third-order valence-corrected chi connectivity index (χ3v) is 6.08. The van der Waals surface area contributed by atoms with Gasteiger partial charge in [-0.05, 0) is 19.9 Å². The lowest BCUT2D eigenvalue weighted by molar-refractivity contribution is -0.131. The molecule has 2 aromatic rings. The Balaban J connectivity index is 1.90. The molecule has 110 valence electrons. The maximum absolute atomic E-state index is 12.2. The van der Waals surface area contributed by atoms with Gasteiger partial charge in [-0.25, -0.2) is 12.7 Å². The Kier molecular flexibility index (Phi) is 2.75. The fraction of sp³-hybridized carbons (Fsp3) is 0.286. The Morgan fingerprint density at radius 2 is 1.95 bits per heavy atom. The molecule has 1 fully saturated rings. The lowest BCUT2D eigenvalue weighted by Crippen LogP contribution is -2.68. The number of carbonyl (C=O) groups is 2. The second-order valence-corrected chi connectivity index (χ2v) is 7.81. The first-order valence-electron chi connectivity index (χ1n) is 6.33. The molecule has 0 bridgehead atoms. The Morgan fingerprint density at radius 1 is 1.29 bits per heavy atom. The van der Waals surface area contributed by atoms with Crippen LogP contribution >= 0.6 is 0 Å². The van der Waals surface area contributed by atoms with Crippen molar-refractivity contribution in [2.75, 3.05) is 6.54 Å². The third kappa shape index (κ3) is 1.73. The minimum absolute atomic E-state index is 0.276. The van der Waals surface area contributed by atoms with Crippen LogP contribution in [0.3, 0.4) is 0 Å². The quantitative estimate of drug-likeness (QED) is 0.803. The van der Waals surface area contributed by atoms with Crippen molar-refractivity contribution >= 4 is 32.7 Å². The second kappa shape index (κ2) is 4.17. The first kappa shape index (κ1) is 13.8. The molecule has 1 aromatic heterocycles. The minimum Gasteiger partial charge on any atom is -0.464 e. The third-order valence-electron chi connectivity index (χ3n) is 3.75. The molecule has 21 heavy (non-hydrogen) atoms. The molecule has 2 heterocycles. The molecule has 6 nitrogen and oxygen atoms in total. The lowest BCUT2D eigenvalue weighted by Gasteiger charge is -2.42. The number of para-hydroxylation sites is 1. The van der Waals surface area contributed by atoms with E-state index in [1.165, 1.54) is 20.1 Å². The number of nitrogens with zero attached hydrogens (tertiary/aromatic N) is 1. The van der Waals surface area contributed by atoms with E-state index in [1.54, 1.807) is 24.3 Å². The average molecular weight is 307 g/mol. The number of hydrogen-bond donors (Lipinski definition) is 0. The van der Waals surface area contributed by atoms with E-state index < -0.39 is 33.0 Å². The Bertz CT molecular complexity index is 862. The van der Waals surface area contributed by atoms with Gasteiger partial charge < -0.3 is 4.42 Å². The molecule has 1 aromatic carbocycles. The molecule has 1 saturated heterocycles. The zero-order chi connectivity index (χ0) is 15.4. The van der Waals surface area contributed by atoms with Crippen molar-refractivity contribution in [3.63, 3.8) is 0 Å². The van der Waals surface area contributed by atoms with Crippen LogP contribution in [0.2, 0.25) is 0 Å². The van der Waals surface area contributed by atoms with Gasteiger partial charge in [0.05, 0.1) is 5.56 Å². The number of benzene rings is 1. The molecule has 0 saturated carbocycles. The Hall–Kier alpha value is -2.15. The van der Waals surface area contributed by atoms with Crippen LogP contribution in [0.5, 0.6) is 0 Å². The maximum atomic E-state index is 12.2. The normalized spacial score (nSPS) is 19.5. The molecule has 0 atom stereocenters. The molecule has 3 rings (SSSR count). The van der Waals surface area contributed by atoms with Gasteiger partial charge in [-0.3, -0.25) is 9.59 Å². The summed E-state index contributed by atoms with van der Waals surface area (Å²) in [5.74, 6) is -1.03. The van der Waals surface area contributed by atoms with Gasteiger partial charge in [-0.2, -0.15) is 0 Å². The summed E-state index contributed by atoms with van der Waals surface area (Å²) < 4.78 is 28.4. The summed E-state index contributed by atoms with van der Waals surface area (Å²) in [5, 5.41) is 0.604. The van der Waals surface area contributed by atoms with Gasteiger partial charge in [0, 0.05) is 5.39 Å². The van der Waals surface area contributed by atoms with Crippen molar-refractivity contribution in [3.8, 4) is 0 Å². The molecule has 0 spiro atoms. The van der Waals surface area contributed by atoms with Crippen LogP contribution in [0.15, 0.2) is 34.9 Å². The van der Waals surface area contributed by atoms with E-state index in [1.807, 2.05) is 0 Å². The summed E-state index contributed by atoms with van der Waals surface area (Å²) in [5.41, 5.74) is 0.817. The van der Waals surface area contributed by atoms with Gasteiger partial charge in [0.25, 0.3) is 15.9 Å². The number of sulfonamides is 1. The highest BCUT2D eigenvalue weighted by molar-refractivity contribution is 7.94. The van der Waals surface area contributed by atoms with Gasteiger partial charge in [0.15, 0.2) is 10.5 Å². The highest BCUT2D eigenvalue weighted by Crippen LogP contribution is 2.35. The smallest absolute Gasteiger partial charge is 0.259 e. The number of furan rings is 1. The standard InChI is InChI=1S/C14H13NO5S/c1-14(2)13(17)15(21(14,18)19)7-11(16)10-8-20-12-6-4-3-5-9(10)12/h3-6,8H,7H2,1-2H3. The lowest BCUT2D eigenvalue weighted by atomic mass is 10.1. The Labute approximate surface area is 121 Å². The fourth-order valence-electron chi connectivity index (χ4n) is 2.32. The van der Waals surface area contributed by atoms with Gasteiger partial charge in [-0.15, -0.1) is 0 Å². The first-order valence-corrected chi connectivity index (χ1v) is 7.77. The molecule has 0 unspecified atom stereocenters. The van der Waals surface area contributed by atoms with Gasteiger partial charge in [-0.1, -0.05) is 18.2 Å². The number of Topliss-reactive ketones (excluding diaryl/α,β-unsaturated/α-hetero) is 1. The van der Waals surface area contributed by atoms with Crippen LogP contribution in [0.25, 0.3) is 11.0 Å². The first-order chi connectivity index (χ1) is 9.76. The summed E-state index contributed by atoms with van der Waals surface area (Å²) in [7, 11) is -3.76. The minimum atomic E-state index is -3.76. The van der Waals surface area contributed by atoms with Crippen molar-refractivity contribution in [3.05, 3.63) is 36.1 Å². The van der Waals surface area contributed by atoms with Crippen molar-refractivity contribution in [1.29, 1.82) is 0 Å². The monoisotopic (exact) mass is 307 g/mol. The SMILES string of the molecule is CC1(C)C(=O)N(CC(=O)c2coc3ccccc23)S1(=O)=O. The predicted octanol–water partition coefficient (Wildman–Crippen LogP) is 1.57. The Morgan fingerprint density at radius 3 is 2.62 bits per heavy atom. The molecule has 7 heteroatoms. The van der Waals surface area contributed by atoms with Crippen LogP contribution < -0.4 is 0 Å². The number of ketones is 1. The highest BCUT2D eigenvalue weighted by Gasteiger charge is 2.60. The zero-order valence-electron chi connectivity index (χ0n) is 11.5. The average Bonchev–Trinajstić information content (AvgIpc) is 2.87. The maximum Gasteiger partial charge on any atom is 0.259 e. The van der Waals surface area contributed by atoms with Crippen molar-refractivity contribution in [2.24, 2.45) is 0 Å². The van der Waals surface area contributed by atoms with E-state index in [4.69, 9.17) is 4.42 Å². The van der Waals surface area contributed by atoms with Crippen molar-refractivity contribution in [2.45, 2.75) is 18.6 Å². The molecule has 1 amide bonds. The van der Waals surface area contributed by atoms with E-state index in [-0.39, 0.29) is 5.56 Å². The number of carbonyl (C=O) groups excluding carboxylic acids is 2. The number of fused-ring (bicyclic) bond motifs is 1. The molecule has 0 N–H and O–H groups in total. The van der Waals surface area contributed by atoms with Crippen molar-refractivity contribution in [1.82, 2.24) is 4.31 Å². The molecule has 0 aliphatic carbocycles. The second-order valence-electron chi connectivity index (χ2n) is 5.40. The van der Waals surface area contributed by atoms with Crippen LogP contribution in [-0.4, -0.2) is 35.7 Å². The van der Waals surface area contributed by atoms with Gasteiger partial charge in [0.1, 0.15) is 18.4 Å².